The first kappa shape index (κ1) is 17.5. The van der Waals surface area contributed by atoms with Crippen molar-refractivity contribution >= 4 is 49.3 Å². The number of aromatic nitrogens is 2. The Morgan fingerprint density at radius 1 is 1.12 bits per heavy atom. The van der Waals surface area contributed by atoms with Crippen molar-refractivity contribution in [1.29, 1.82) is 0 Å². The van der Waals surface area contributed by atoms with Crippen LogP contribution in [0.2, 0.25) is 5.02 Å². The lowest BCUT2D eigenvalue weighted by atomic mass is 9.98. The Balaban J connectivity index is 1.98. The first-order chi connectivity index (χ1) is 12.7. The summed E-state index contributed by atoms with van der Waals surface area (Å²) in [6.45, 7) is 0.706. The predicted molar refractivity (Wildman–Crippen MR) is 114 cm³/mol. The number of pyridine rings is 1. The standard InChI is InChI=1S/C21H19BrClN3/c22-18-12-14(23)11-17-15(7-1-2-9-24)20(26-21(17)18)16-8-3-5-13-6-4-10-25-19(13)16/h3-6,8,10-12,26H,1-2,7,9,24H2. The van der Waals surface area contributed by atoms with Gasteiger partial charge in [0.1, 0.15) is 0 Å². The fourth-order valence-electron chi connectivity index (χ4n) is 3.52. The second-order valence-corrected chi connectivity index (χ2v) is 7.71. The molecule has 3 nitrogen and oxygen atoms in total. The van der Waals surface area contributed by atoms with E-state index in [0.29, 0.717) is 6.54 Å². The molecule has 5 heteroatoms. The Labute approximate surface area is 165 Å². The second-order valence-electron chi connectivity index (χ2n) is 6.42. The highest BCUT2D eigenvalue weighted by molar-refractivity contribution is 9.10. The lowest BCUT2D eigenvalue weighted by molar-refractivity contribution is 0.748. The number of halogens is 2. The van der Waals surface area contributed by atoms with Gasteiger partial charge >= 0.3 is 0 Å². The summed E-state index contributed by atoms with van der Waals surface area (Å²) in [5, 5.41) is 3.02. The molecule has 4 aromatic rings. The van der Waals surface area contributed by atoms with Crippen LogP contribution in [0, 0.1) is 0 Å². The number of benzene rings is 2. The summed E-state index contributed by atoms with van der Waals surface area (Å²) >= 11 is 9.98. The number of unbranched alkanes of at least 4 members (excludes halogenated alkanes) is 1. The number of nitrogens with one attached hydrogen (secondary N) is 1. The van der Waals surface area contributed by atoms with Gasteiger partial charge in [-0.05, 0) is 65.5 Å². The van der Waals surface area contributed by atoms with E-state index in [4.69, 9.17) is 17.3 Å². The van der Waals surface area contributed by atoms with Crippen LogP contribution < -0.4 is 5.73 Å². The Hall–Kier alpha value is -1.88. The van der Waals surface area contributed by atoms with Gasteiger partial charge in [-0.1, -0.05) is 35.9 Å². The molecular formula is C21H19BrClN3. The summed E-state index contributed by atoms with van der Waals surface area (Å²) < 4.78 is 0.972. The molecule has 132 valence electrons. The number of hydrogen-bond donors (Lipinski definition) is 2. The summed E-state index contributed by atoms with van der Waals surface area (Å²) in [6.07, 6.45) is 4.83. The van der Waals surface area contributed by atoms with E-state index < -0.39 is 0 Å². The fraction of sp³-hybridized carbons (Fsp3) is 0.190. The van der Waals surface area contributed by atoms with Gasteiger partial charge in [0.15, 0.2) is 0 Å². The third-order valence-corrected chi connectivity index (χ3v) is 5.56. The average Bonchev–Trinajstić information content (AvgIpc) is 3.00. The van der Waals surface area contributed by atoms with Gasteiger partial charge in [-0.3, -0.25) is 4.98 Å². The quantitative estimate of drug-likeness (QED) is 0.378. The van der Waals surface area contributed by atoms with Crippen LogP contribution in [0.4, 0.5) is 0 Å². The van der Waals surface area contributed by atoms with Gasteiger partial charge in [0.05, 0.1) is 16.7 Å². The molecule has 3 N–H and O–H groups in total. The van der Waals surface area contributed by atoms with E-state index >= 15 is 0 Å². The number of nitrogens with two attached hydrogens (primary N) is 1. The summed E-state index contributed by atoms with van der Waals surface area (Å²) in [5.41, 5.74) is 11.3. The molecule has 0 unspecified atom stereocenters. The molecule has 0 spiro atoms. The molecule has 0 saturated heterocycles. The molecule has 2 aromatic heterocycles. The van der Waals surface area contributed by atoms with E-state index in [1.54, 1.807) is 0 Å². The van der Waals surface area contributed by atoms with Crippen LogP contribution >= 0.6 is 27.5 Å². The van der Waals surface area contributed by atoms with E-state index in [9.17, 15) is 0 Å². The summed E-state index contributed by atoms with van der Waals surface area (Å²) in [4.78, 5) is 8.25. The van der Waals surface area contributed by atoms with Crippen molar-refractivity contribution in [3.63, 3.8) is 0 Å². The normalized spacial score (nSPS) is 11.5. The van der Waals surface area contributed by atoms with Gasteiger partial charge in [-0.15, -0.1) is 0 Å². The Morgan fingerprint density at radius 2 is 1.96 bits per heavy atom. The molecule has 0 saturated carbocycles. The van der Waals surface area contributed by atoms with E-state index in [2.05, 4.69) is 50.2 Å². The smallest absolute Gasteiger partial charge is 0.0795 e. The molecule has 0 bridgehead atoms. The van der Waals surface area contributed by atoms with Crippen molar-refractivity contribution in [1.82, 2.24) is 9.97 Å². The van der Waals surface area contributed by atoms with Crippen molar-refractivity contribution in [2.75, 3.05) is 6.54 Å². The van der Waals surface area contributed by atoms with Crippen LogP contribution in [-0.2, 0) is 6.42 Å². The van der Waals surface area contributed by atoms with Crippen LogP contribution in [0.1, 0.15) is 18.4 Å². The summed E-state index contributed by atoms with van der Waals surface area (Å²) in [5.74, 6) is 0. The molecule has 26 heavy (non-hydrogen) atoms. The average molecular weight is 429 g/mol. The predicted octanol–water partition coefficient (Wildman–Crippen LogP) is 6.08. The molecule has 0 aliphatic carbocycles. The topological polar surface area (TPSA) is 54.7 Å². The highest BCUT2D eigenvalue weighted by Gasteiger charge is 2.17. The molecule has 0 fully saturated rings. The number of aryl methyl sites for hydroxylation is 1. The maximum absolute atomic E-state index is 6.33. The van der Waals surface area contributed by atoms with Crippen LogP contribution in [0.3, 0.4) is 0 Å². The lowest BCUT2D eigenvalue weighted by Gasteiger charge is -2.08. The van der Waals surface area contributed by atoms with Crippen molar-refractivity contribution in [3.8, 4) is 11.3 Å². The molecule has 0 atom stereocenters. The van der Waals surface area contributed by atoms with Crippen LogP contribution in [0.15, 0.2) is 53.1 Å². The highest BCUT2D eigenvalue weighted by atomic mass is 79.9. The molecule has 2 aromatic carbocycles. The van der Waals surface area contributed by atoms with Crippen molar-refractivity contribution in [2.24, 2.45) is 5.73 Å². The molecule has 2 heterocycles. The number of hydrogen-bond acceptors (Lipinski definition) is 2. The van der Waals surface area contributed by atoms with E-state index in [1.165, 1.54) is 5.56 Å². The largest absolute Gasteiger partial charge is 0.353 e. The maximum Gasteiger partial charge on any atom is 0.0795 e. The SMILES string of the molecule is NCCCCc1c(-c2cccc3cccnc23)[nH]c2c(Br)cc(Cl)cc12. The third kappa shape index (κ3) is 3.13. The zero-order valence-electron chi connectivity index (χ0n) is 14.2. The number of nitrogens with zero attached hydrogens (tertiary/aromatic N) is 1. The van der Waals surface area contributed by atoms with Gasteiger partial charge < -0.3 is 10.7 Å². The van der Waals surface area contributed by atoms with Crippen LogP contribution in [0.5, 0.6) is 0 Å². The number of para-hydroxylation sites is 1. The minimum atomic E-state index is 0.706. The van der Waals surface area contributed by atoms with Crippen molar-refractivity contribution < 1.29 is 0 Å². The first-order valence-corrected chi connectivity index (χ1v) is 9.90. The minimum Gasteiger partial charge on any atom is -0.353 e. The molecule has 0 amide bonds. The monoisotopic (exact) mass is 427 g/mol. The molecule has 4 rings (SSSR count). The van der Waals surface area contributed by atoms with Gasteiger partial charge in [0, 0.05) is 32.0 Å². The first-order valence-electron chi connectivity index (χ1n) is 8.73. The van der Waals surface area contributed by atoms with Crippen molar-refractivity contribution in [3.05, 3.63) is 63.7 Å². The number of rotatable bonds is 5. The van der Waals surface area contributed by atoms with Crippen LogP contribution in [-0.4, -0.2) is 16.5 Å². The van der Waals surface area contributed by atoms with Crippen molar-refractivity contribution in [2.45, 2.75) is 19.3 Å². The van der Waals surface area contributed by atoms with E-state index in [1.807, 2.05) is 24.4 Å². The van der Waals surface area contributed by atoms with E-state index in [0.717, 1.165) is 61.8 Å². The minimum absolute atomic E-state index is 0.706. The lowest BCUT2D eigenvalue weighted by Crippen LogP contribution is -1.99. The molecule has 0 radical (unpaired) electrons. The maximum atomic E-state index is 6.33. The Kier molecular flexibility index (Phi) is 4.98. The summed E-state index contributed by atoms with van der Waals surface area (Å²) in [7, 11) is 0. The number of aromatic amines is 1. The molecular weight excluding hydrogens is 410 g/mol. The fourth-order valence-corrected chi connectivity index (χ4v) is 4.42. The Morgan fingerprint density at radius 3 is 2.81 bits per heavy atom. The zero-order chi connectivity index (χ0) is 18.1. The highest BCUT2D eigenvalue weighted by Crippen LogP contribution is 2.38. The second kappa shape index (κ2) is 7.39. The van der Waals surface area contributed by atoms with Gasteiger partial charge in [0.25, 0.3) is 0 Å². The van der Waals surface area contributed by atoms with Gasteiger partial charge in [-0.25, -0.2) is 0 Å². The van der Waals surface area contributed by atoms with Crippen LogP contribution in [0.25, 0.3) is 33.1 Å². The molecule has 0 aliphatic heterocycles. The third-order valence-electron chi connectivity index (χ3n) is 4.71. The number of fused-ring (bicyclic) bond motifs is 2. The summed E-state index contributed by atoms with van der Waals surface area (Å²) in [6, 6.07) is 14.3. The zero-order valence-corrected chi connectivity index (χ0v) is 16.6. The van der Waals surface area contributed by atoms with Gasteiger partial charge in [0.2, 0.25) is 0 Å². The van der Waals surface area contributed by atoms with E-state index in [-0.39, 0.29) is 0 Å². The Bertz CT molecular complexity index is 1080. The number of H-pyrrole nitrogens is 1. The van der Waals surface area contributed by atoms with Gasteiger partial charge in [-0.2, -0.15) is 0 Å². The molecule has 0 aliphatic rings.